The maximum absolute atomic E-state index is 14.0. The Morgan fingerprint density at radius 3 is 2.74 bits per heavy atom. The average molecular weight is 388 g/mol. The van der Waals surface area contributed by atoms with Crippen molar-refractivity contribution >= 4 is 21.1 Å². The predicted molar refractivity (Wildman–Crippen MR) is 100 cm³/mol. The highest BCUT2D eigenvalue weighted by atomic mass is 32.2. The van der Waals surface area contributed by atoms with Crippen LogP contribution in [0.1, 0.15) is 38.1 Å². The van der Waals surface area contributed by atoms with Gasteiger partial charge in [-0.3, -0.25) is 4.98 Å². The monoisotopic (exact) mass is 388 g/mol. The van der Waals surface area contributed by atoms with E-state index in [4.69, 9.17) is 4.98 Å². The zero-order valence-corrected chi connectivity index (χ0v) is 16.0. The largest absolute Gasteiger partial charge is 0.324 e. The second kappa shape index (κ2) is 6.69. The first-order valence-electron chi connectivity index (χ1n) is 8.96. The number of imidazole rings is 1. The summed E-state index contributed by atoms with van der Waals surface area (Å²) < 4.78 is 43.3. The van der Waals surface area contributed by atoms with E-state index in [0.717, 1.165) is 16.9 Å². The molecule has 0 saturated carbocycles. The summed E-state index contributed by atoms with van der Waals surface area (Å²) in [6.07, 6.45) is 4.14. The zero-order chi connectivity index (χ0) is 19.2. The van der Waals surface area contributed by atoms with Gasteiger partial charge in [-0.05, 0) is 38.5 Å². The number of rotatable bonds is 4. The van der Waals surface area contributed by atoms with Gasteiger partial charge in [-0.15, -0.1) is 0 Å². The Morgan fingerprint density at radius 1 is 1.22 bits per heavy atom. The van der Waals surface area contributed by atoms with E-state index >= 15 is 0 Å². The molecule has 0 radical (unpaired) electrons. The molecule has 0 spiro atoms. The summed E-state index contributed by atoms with van der Waals surface area (Å²) in [5.74, 6) is 0.0991. The van der Waals surface area contributed by atoms with Crippen LogP contribution < -0.4 is 0 Å². The third-order valence-corrected chi connectivity index (χ3v) is 6.90. The fourth-order valence-corrected chi connectivity index (χ4v) is 5.31. The van der Waals surface area contributed by atoms with Crippen LogP contribution in [0.4, 0.5) is 4.39 Å². The minimum Gasteiger partial charge on any atom is -0.324 e. The average Bonchev–Trinajstić information content (AvgIpc) is 3.27. The zero-order valence-electron chi connectivity index (χ0n) is 15.2. The minimum absolute atomic E-state index is 0.0404. The number of aromatic nitrogens is 3. The van der Waals surface area contributed by atoms with Crippen LogP contribution in [-0.2, 0) is 10.0 Å². The molecule has 0 amide bonds. The van der Waals surface area contributed by atoms with E-state index in [0.29, 0.717) is 19.5 Å². The second-order valence-electron chi connectivity index (χ2n) is 7.08. The van der Waals surface area contributed by atoms with E-state index in [1.165, 1.54) is 28.6 Å². The molecule has 1 aromatic carbocycles. The van der Waals surface area contributed by atoms with Gasteiger partial charge in [0.1, 0.15) is 16.5 Å². The molecule has 142 valence electrons. The lowest BCUT2D eigenvalue weighted by atomic mass is 10.1. The number of hydrogen-bond acceptors (Lipinski definition) is 4. The second-order valence-corrected chi connectivity index (χ2v) is 8.98. The lowest BCUT2D eigenvalue weighted by Crippen LogP contribution is -2.29. The molecule has 8 heteroatoms. The molecule has 2 aromatic heterocycles. The lowest BCUT2D eigenvalue weighted by Gasteiger charge is -2.19. The Balaban J connectivity index is 1.69. The van der Waals surface area contributed by atoms with Crippen molar-refractivity contribution in [3.8, 4) is 0 Å². The van der Waals surface area contributed by atoms with Crippen molar-refractivity contribution in [1.29, 1.82) is 0 Å². The highest BCUT2D eigenvalue weighted by Crippen LogP contribution is 2.34. The van der Waals surface area contributed by atoms with Crippen LogP contribution >= 0.6 is 0 Å². The number of halogens is 1. The van der Waals surface area contributed by atoms with Crippen molar-refractivity contribution < 1.29 is 12.8 Å². The van der Waals surface area contributed by atoms with Gasteiger partial charge in [0.2, 0.25) is 10.0 Å². The van der Waals surface area contributed by atoms with E-state index in [1.807, 2.05) is 6.07 Å². The Kier molecular flexibility index (Phi) is 4.47. The molecule has 1 aliphatic heterocycles. The van der Waals surface area contributed by atoms with Crippen LogP contribution in [0.15, 0.2) is 47.6 Å². The summed E-state index contributed by atoms with van der Waals surface area (Å²) in [5.41, 5.74) is 1.79. The SMILES string of the molecule is CC(C)n1c([C@@H]2CCN(S(=O)(=O)c3ccccc3F)C2)nc2ccncc21. The maximum Gasteiger partial charge on any atom is 0.246 e. The van der Waals surface area contributed by atoms with Gasteiger partial charge >= 0.3 is 0 Å². The van der Waals surface area contributed by atoms with Gasteiger partial charge in [-0.25, -0.2) is 17.8 Å². The highest BCUT2D eigenvalue weighted by molar-refractivity contribution is 7.89. The summed E-state index contributed by atoms with van der Waals surface area (Å²) in [4.78, 5) is 8.67. The van der Waals surface area contributed by atoms with Gasteiger partial charge in [0, 0.05) is 31.2 Å². The minimum atomic E-state index is -3.86. The van der Waals surface area contributed by atoms with Crippen LogP contribution in [-0.4, -0.2) is 40.3 Å². The molecule has 0 unspecified atom stereocenters. The third-order valence-electron chi connectivity index (χ3n) is 5.01. The van der Waals surface area contributed by atoms with Crippen LogP contribution in [0, 0.1) is 5.82 Å². The number of benzene rings is 1. The van der Waals surface area contributed by atoms with Crippen molar-refractivity contribution in [1.82, 2.24) is 18.8 Å². The molecule has 1 atom stereocenters. The van der Waals surface area contributed by atoms with E-state index in [9.17, 15) is 12.8 Å². The molecule has 3 heterocycles. The van der Waals surface area contributed by atoms with Crippen LogP contribution in [0.25, 0.3) is 11.0 Å². The summed E-state index contributed by atoms with van der Waals surface area (Å²) in [6.45, 7) is 4.78. The van der Waals surface area contributed by atoms with Crippen LogP contribution in [0.5, 0.6) is 0 Å². The van der Waals surface area contributed by atoms with Crippen molar-refractivity contribution in [3.05, 3.63) is 54.4 Å². The first-order chi connectivity index (χ1) is 12.9. The molecule has 6 nitrogen and oxygen atoms in total. The van der Waals surface area contributed by atoms with Gasteiger partial charge in [-0.2, -0.15) is 4.31 Å². The first kappa shape index (κ1) is 18.1. The Morgan fingerprint density at radius 2 is 2.00 bits per heavy atom. The van der Waals surface area contributed by atoms with E-state index < -0.39 is 15.8 Å². The van der Waals surface area contributed by atoms with Gasteiger partial charge in [0.05, 0.1) is 17.2 Å². The standard InChI is InChI=1S/C19H21FN4O2S/c1-13(2)24-17-11-21-9-7-16(17)22-19(24)14-8-10-23(12-14)27(25,26)18-6-4-3-5-15(18)20/h3-7,9,11,13-14H,8,10,12H2,1-2H3/t14-/m1/s1. The van der Waals surface area contributed by atoms with Gasteiger partial charge < -0.3 is 4.57 Å². The van der Waals surface area contributed by atoms with Crippen molar-refractivity contribution in [2.75, 3.05) is 13.1 Å². The molecule has 0 aliphatic carbocycles. The van der Waals surface area contributed by atoms with E-state index in [1.54, 1.807) is 12.4 Å². The van der Waals surface area contributed by atoms with E-state index in [-0.39, 0.29) is 16.9 Å². The Hall–Kier alpha value is -2.32. The molecule has 1 saturated heterocycles. The van der Waals surface area contributed by atoms with Gasteiger partial charge in [-0.1, -0.05) is 12.1 Å². The first-order valence-corrected chi connectivity index (χ1v) is 10.4. The number of nitrogens with zero attached hydrogens (tertiary/aromatic N) is 4. The maximum atomic E-state index is 14.0. The fraction of sp³-hybridized carbons (Fsp3) is 0.368. The topological polar surface area (TPSA) is 68.1 Å². The number of fused-ring (bicyclic) bond motifs is 1. The molecule has 4 rings (SSSR count). The molecule has 1 fully saturated rings. The molecule has 0 N–H and O–H groups in total. The number of hydrogen-bond donors (Lipinski definition) is 0. The fourth-order valence-electron chi connectivity index (χ4n) is 3.74. The normalized spacial score (nSPS) is 18.6. The van der Waals surface area contributed by atoms with Crippen LogP contribution in [0.3, 0.4) is 0 Å². The van der Waals surface area contributed by atoms with Gasteiger partial charge in [0.25, 0.3) is 0 Å². The van der Waals surface area contributed by atoms with Gasteiger partial charge in [0.15, 0.2) is 0 Å². The van der Waals surface area contributed by atoms with Crippen molar-refractivity contribution in [3.63, 3.8) is 0 Å². The quantitative estimate of drug-likeness (QED) is 0.688. The summed E-state index contributed by atoms with van der Waals surface area (Å²) in [6, 6.07) is 7.54. The van der Waals surface area contributed by atoms with Crippen molar-refractivity contribution in [2.45, 2.75) is 37.1 Å². The summed E-state index contributed by atoms with van der Waals surface area (Å²) >= 11 is 0. The smallest absolute Gasteiger partial charge is 0.246 e. The molecular weight excluding hydrogens is 367 g/mol. The molecule has 27 heavy (non-hydrogen) atoms. The highest BCUT2D eigenvalue weighted by Gasteiger charge is 2.36. The van der Waals surface area contributed by atoms with Crippen LogP contribution in [0.2, 0.25) is 0 Å². The summed E-state index contributed by atoms with van der Waals surface area (Å²) in [7, 11) is -3.86. The van der Waals surface area contributed by atoms with Crippen molar-refractivity contribution in [2.24, 2.45) is 0 Å². The molecule has 3 aromatic rings. The Labute approximate surface area is 157 Å². The summed E-state index contributed by atoms with van der Waals surface area (Å²) in [5, 5.41) is 0. The number of pyridine rings is 1. The molecule has 1 aliphatic rings. The molecular formula is C19H21FN4O2S. The van der Waals surface area contributed by atoms with E-state index in [2.05, 4.69) is 23.4 Å². The lowest BCUT2D eigenvalue weighted by molar-refractivity contribution is 0.460. The Bertz CT molecular complexity index is 1090. The third kappa shape index (κ3) is 3.02. The predicted octanol–water partition coefficient (Wildman–Crippen LogP) is 3.33. The molecule has 0 bridgehead atoms. The number of sulfonamides is 1.